The van der Waals surface area contributed by atoms with Gasteiger partial charge in [0, 0.05) is 28.9 Å². The highest BCUT2D eigenvalue weighted by Gasteiger charge is 2.30. The highest BCUT2D eigenvalue weighted by atomic mass is 79.9. The summed E-state index contributed by atoms with van der Waals surface area (Å²) >= 11 is 0. The molecule has 8 heteroatoms. The molecule has 1 aliphatic rings. The molecule has 2 N–H and O–H groups in total. The van der Waals surface area contributed by atoms with Crippen molar-refractivity contribution in [2.24, 2.45) is 0 Å². The summed E-state index contributed by atoms with van der Waals surface area (Å²) in [7, 11) is 0. The average molecular weight is 518 g/mol. The smallest absolute Gasteiger partial charge is 0.339 e. The van der Waals surface area contributed by atoms with Gasteiger partial charge in [0.05, 0.1) is 13.2 Å². The summed E-state index contributed by atoms with van der Waals surface area (Å²) in [6.07, 6.45) is 1.52. The molecule has 178 valence electrons. The Labute approximate surface area is 205 Å². The van der Waals surface area contributed by atoms with Crippen molar-refractivity contribution in [1.82, 2.24) is 9.88 Å². The second kappa shape index (κ2) is 10.5. The maximum Gasteiger partial charge on any atom is 0.339 e. The number of carboxylic acids is 1. The number of aromatic carboxylic acids is 1. The SMILES string of the molecule is Br.CCCOc1c(C(=O)O)cc(C(=O)CN2Cc3ccc(CC)nc3C2=N)cc1C(C)(C)C. The van der Waals surface area contributed by atoms with Gasteiger partial charge in [0.2, 0.25) is 0 Å². The number of carbonyl (C=O) groups excluding carboxylic acids is 1. The first-order chi connectivity index (χ1) is 15.1. The summed E-state index contributed by atoms with van der Waals surface area (Å²) in [4.78, 5) is 31.4. The van der Waals surface area contributed by atoms with E-state index in [-0.39, 0.29) is 40.7 Å². The van der Waals surface area contributed by atoms with Crippen LogP contribution < -0.4 is 4.74 Å². The van der Waals surface area contributed by atoms with Crippen LogP contribution in [0.3, 0.4) is 0 Å². The number of nitrogens with zero attached hydrogens (tertiary/aromatic N) is 2. The molecule has 1 aliphatic heterocycles. The number of amidine groups is 1. The molecule has 0 spiro atoms. The van der Waals surface area contributed by atoms with E-state index in [2.05, 4.69) is 4.98 Å². The Morgan fingerprint density at radius 3 is 2.48 bits per heavy atom. The van der Waals surface area contributed by atoms with Crippen LogP contribution in [0.4, 0.5) is 0 Å². The summed E-state index contributed by atoms with van der Waals surface area (Å²) in [6.45, 7) is 10.7. The van der Waals surface area contributed by atoms with Crippen LogP contribution in [0.5, 0.6) is 5.75 Å². The molecule has 0 bridgehead atoms. The number of ketones is 1. The molecule has 0 unspecified atom stereocenters. The van der Waals surface area contributed by atoms with E-state index < -0.39 is 11.4 Å². The second-order valence-corrected chi connectivity index (χ2v) is 9.10. The molecule has 0 aliphatic carbocycles. The number of carbonyl (C=O) groups is 2. The van der Waals surface area contributed by atoms with E-state index in [1.165, 1.54) is 6.07 Å². The fourth-order valence-electron chi connectivity index (χ4n) is 3.76. The van der Waals surface area contributed by atoms with E-state index in [4.69, 9.17) is 10.1 Å². The predicted molar refractivity (Wildman–Crippen MR) is 133 cm³/mol. The van der Waals surface area contributed by atoms with Crippen molar-refractivity contribution in [2.75, 3.05) is 13.2 Å². The minimum absolute atomic E-state index is 0. The number of carboxylic acid groups (broad SMARTS) is 1. The maximum absolute atomic E-state index is 13.2. The molecule has 0 radical (unpaired) electrons. The van der Waals surface area contributed by atoms with Gasteiger partial charge in [0.25, 0.3) is 0 Å². The summed E-state index contributed by atoms with van der Waals surface area (Å²) in [5.74, 6) is -0.829. The maximum atomic E-state index is 13.2. The van der Waals surface area contributed by atoms with Crippen LogP contribution >= 0.6 is 17.0 Å². The van der Waals surface area contributed by atoms with Gasteiger partial charge in [-0.1, -0.05) is 40.7 Å². The molecule has 1 aromatic carbocycles. The predicted octanol–water partition coefficient (Wildman–Crippen LogP) is 5.03. The van der Waals surface area contributed by atoms with E-state index in [9.17, 15) is 14.7 Å². The summed E-state index contributed by atoms with van der Waals surface area (Å²) in [5.41, 5.74) is 3.01. The fourth-order valence-corrected chi connectivity index (χ4v) is 3.76. The van der Waals surface area contributed by atoms with Crippen molar-refractivity contribution >= 4 is 34.6 Å². The Morgan fingerprint density at radius 1 is 1.21 bits per heavy atom. The topological polar surface area (TPSA) is 104 Å². The number of ether oxygens (including phenoxy) is 1. The molecule has 3 rings (SSSR count). The molecule has 1 aromatic heterocycles. The third kappa shape index (κ3) is 5.61. The Bertz CT molecular complexity index is 1080. The van der Waals surface area contributed by atoms with Gasteiger partial charge in [-0.3, -0.25) is 10.2 Å². The van der Waals surface area contributed by atoms with E-state index in [0.717, 1.165) is 24.1 Å². The van der Waals surface area contributed by atoms with E-state index in [1.807, 2.05) is 46.8 Å². The standard InChI is InChI=1S/C25H31N3O4.BrH/c1-6-10-32-22-18(24(30)31)11-16(12-19(22)25(3,4)5)20(29)14-28-13-15-8-9-17(7-2)27-21(15)23(28)26;/h8-9,11-12,26H,6-7,10,13-14H2,1-5H3,(H,30,31);1H. The zero-order chi connectivity index (χ0) is 23.6. The number of nitrogens with one attached hydrogen (secondary N) is 1. The minimum atomic E-state index is -1.13. The Hall–Kier alpha value is -2.74. The lowest BCUT2D eigenvalue weighted by Gasteiger charge is -2.25. The van der Waals surface area contributed by atoms with Crippen LogP contribution in [-0.2, 0) is 18.4 Å². The van der Waals surface area contributed by atoms with Crippen molar-refractivity contribution in [3.63, 3.8) is 0 Å². The zero-order valence-corrected chi connectivity index (χ0v) is 21.5. The first-order valence-electron chi connectivity index (χ1n) is 11.0. The van der Waals surface area contributed by atoms with Gasteiger partial charge in [0.15, 0.2) is 5.78 Å². The summed E-state index contributed by atoms with van der Waals surface area (Å²) < 4.78 is 5.81. The third-order valence-electron chi connectivity index (χ3n) is 5.53. The molecule has 33 heavy (non-hydrogen) atoms. The number of hydrogen-bond donors (Lipinski definition) is 2. The highest BCUT2D eigenvalue weighted by molar-refractivity contribution is 8.93. The number of aryl methyl sites for hydroxylation is 1. The van der Waals surface area contributed by atoms with Crippen molar-refractivity contribution in [2.45, 2.75) is 59.4 Å². The molecule has 0 fully saturated rings. The van der Waals surface area contributed by atoms with Gasteiger partial charge in [-0.15, -0.1) is 17.0 Å². The Kier molecular flexibility index (Phi) is 8.41. The normalized spacial score (nSPS) is 12.9. The molecule has 0 saturated heterocycles. The number of rotatable bonds is 8. The number of fused-ring (bicyclic) bond motifs is 1. The highest BCUT2D eigenvalue weighted by Crippen LogP contribution is 2.36. The largest absolute Gasteiger partial charge is 0.492 e. The quantitative estimate of drug-likeness (QED) is 0.475. The van der Waals surface area contributed by atoms with Crippen LogP contribution in [0.2, 0.25) is 0 Å². The molecular weight excluding hydrogens is 486 g/mol. The van der Waals surface area contributed by atoms with Crippen molar-refractivity contribution in [3.05, 3.63) is 57.9 Å². The third-order valence-corrected chi connectivity index (χ3v) is 5.53. The summed E-state index contributed by atoms with van der Waals surface area (Å²) in [5, 5.41) is 18.3. The van der Waals surface area contributed by atoms with Gasteiger partial charge in [-0.2, -0.15) is 0 Å². The number of halogens is 1. The number of hydrogen-bond acceptors (Lipinski definition) is 5. The molecule has 0 atom stereocenters. The number of benzene rings is 1. The summed E-state index contributed by atoms with van der Waals surface area (Å²) in [6, 6.07) is 7.03. The average Bonchev–Trinajstić information content (AvgIpc) is 3.05. The zero-order valence-electron chi connectivity index (χ0n) is 19.8. The lowest BCUT2D eigenvalue weighted by molar-refractivity contribution is 0.0691. The van der Waals surface area contributed by atoms with Crippen LogP contribution in [0.1, 0.15) is 84.3 Å². The molecule has 0 saturated carbocycles. The molecule has 0 amide bonds. The van der Waals surface area contributed by atoms with Gasteiger partial charge < -0.3 is 14.7 Å². The number of pyridine rings is 1. The fraction of sp³-hybridized carbons (Fsp3) is 0.440. The van der Waals surface area contributed by atoms with Crippen LogP contribution in [0.15, 0.2) is 24.3 Å². The number of aromatic nitrogens is 1. The lowest BCUT2D eigenvalue weighted by atomic mass is 9.83. The second-order valence-electron chi connectivity index (χ2n) is 9.10. The van der Waals surface area contributed by atoms with Gasteiger partial charge in [0.1, 0.15) is 22.8 Å². The van der Waals surface area contributed by atoms with Crippen LogP contribution in [0.25, 0.3) is 0 Å². The van der Waals surface area contributed by atoms with E-state index in [1.54, 1.807) is 11.0 Å². The molecule has 2 aromatic rings. The van der Waals surface area contributed by atoms with Gasteiger partial charge in [-0.05, 0) is 36.5 Å². The minimum Gasteiger partial charge on any atom is -0.492 e. The lowest BCUT2D eigenvalue weighted by Crippen LogP contribution is -2.31. The Morgan fingerprint density at radius 2 is 1.91 bits per heavy atom. The Balaban J connectivity index is 0.00000385. The first kappa shape index (κ1) is 26.5. The van der Waals surface area contributed by atoms with Gasteiger partial charge >= 0.3 is 5.97 Å². The van der Waals surface area contributed by atoms with Crippen molar-refractivity contribution < 1.29 is 19.4 Å². The van der Waals surface area contributed by atoms with Crippen molar-refractivity contribution in [1.29, 1.82) is 5.41 Å². The molecule has 7 nitrogen and oxygen atoms in total. The van der Waals surface area contributed by atoms with E-state index in [0.29, 0.717) is 35.7 Å². The molecular formula is C25H32BrN3O4. The number of Topliss-reactive ketones (excluding diaryl/α,β-unsaturated/α-hetero) is 1. The van der Waals surface area contributed by atoms with Crippen LogP contribution in [-0.4, -0.2) is 45.7 Å². The van der Waals surface area contributed by atoms with Crippen LogP contribution in [0, 0.1) is 5.41 Å². The van der Waals surface area contributed by atoms with Crippen molar-refractivity contribution in [3.8, 4) is 5.75 Å². The van der Waals surface area contributed by atoms with E-state index >= 15 is 0 Å². The van der Waals surface area contributed by atoms with Gasteiger partial charge in [-0.25, -0.2) is 9.78 Å². The first-order valence-corrected chi connectivity index (χ1v) is 11.0. The monoisotopic (exact) mass is 517 g/mol. The molecule has 2 heterocycles.